The van der Waals surface area contributed by atoms with Crippen LogP contribution in [0.15, 0.2) is 83.7 Å². The third-order valence-electron chi connectivity index (χ3n) is 6.13. The summed E-state index contributed by atoms with van der Waals surface area (Å²) in [5.74, 6) is 1.21. The Hall–Kier alpha value is -3.97. The quantitative estimate of drug-likeness (QED) is 0.478. The summed E-state index contributed by atoms with van der Waals surface area (Å²) in [7, 11) is 0. The summed E-state index contributed by atoms with van der Waals surface area (Å²) in [4.78, 5) is 37.5. The fourth-order valence-corrected chi connectivity index (χ4v) is 4.39. The van der Waals surface area contributed by atoms with Gasteiger partial charge in [-0.15, -0.1) is 0 Å². The second-order valence-corrected chi connectivity index (χ2v) is 8.30. The molecule has 5 rings (SSSR count). The Kier molecular flexibility index (Phi) is 6.10. The highest BCUT2D eigenvalue weighted by Gasteiger charge is 2.33. The highest BCUT2D eigenvalue weighted by atomic mass is 16.5. The molecule has 7 heteroatoms. The third kappa shape index (κ3) is 4.30. The maximum Gasteiger partial charge on any atom is 0.258 e. The lowest BCUT2D eigenvalue weighted by molar-refractivity contribution is -0.120. The van der Waals surface area contributed by atoms with Crippen LogP contribution in [0.3, 0.4) is 0 Å². The van der Waals surface area contributed by atoms with Crippen LogP contribution >= 0.6 is 0 Å². The first-order valence-electron chi connectivity index (χ1n) is 11.4. The Morgan fingerprint density at radius 3 is 2.62 bits per heavy atom. The number of para-hydroxylation sites is 3. The molecule has 0 saturated heterocycles. The molecule has 1 N–H and O–H groups in total. The molecule has 0 radical (unpaired) electrons. The van der Waals surface area contributed by atoms with Gasteiger partial charge in [-0.1, -0.05) is 61.5 Å². The van der Waals surface area contributed by atoms with Crippen LogP contribution in [-0.4, -0.2) is 40.5 Å². The van der Waals surface area contributed by atoms with Gasteiger partial charge < -0.3 is 9.72 Å². The number of ether oxygens (including phenoxy) is 1. The largest absolute Gasteiger partial charge is 0.489 e. The van der Waals surface area contributed by atoms with E-state index in [-0.39, 0.29) is 24.1 Å². The molecule has 34 heavy (non-hydrogen) atoms. The Balaban J connectivity index is 1.42. The minimum absolute atomic E-state index is 0.0328. The van der Waals surface area contributed by atoms with Gasteiger partial charge in [0.1, 0.15) is 18.2 Å². The Bertz CT molecular complexity index is 1370. The molecular formula is C27H26N4O3. The highest BCUT2D eigenvalue weighted by Crippen LogP contribution is 2.39. The van der Waals surface area contributed by atoms with Gasteiger partial charge in [0, 0.05) is 0 Å². The number of fused-ring (bicyclic) bond motifs is 2. The van der Waals surface area contributed by atoms with Gasteiger partial charge in [-0.2, -0.15) is 0 Å². The SMILES string of the molecule is CCN(CC(=O)N1c2ccccc2OCC1c1ccccc1)Cc1nc2ccccc2c(=O)[nH]1. The molecule has 1 aliphatic rings. The van der Waals surface area contributed by atoms with Crippen molar-refractivity contribution in [2.45, 2.75) is 19.5 Å². The molecule has 4 aromatic rings. The number of aromatic nitrogens is 2. The van der Waals surface area contributed by atoms with Crippen molar-refractivity contribution in [3.63, 3.8) is 0 Å². The number of H-pyrrole nitrogens is 1. The van der Waals surface area contributed by atoms with E-state index >= 15 is 0 Å². The summed E-state index contributed by atoms with van der Waals surface area (Å²) >= 11 is 0. The van der Waals surface area contributed by atoms with Crippen LogP contribution in [0.5, 0.6) is 5.75 Å². The lowest BCUT2D eigenvalue weighted by Crippen LogP contribution is -2.46. The van der Waals surface area contributed by atoms with Gasteiger partial charge in [-0.25, -0.2) is 4.98 Å². The molecule has 0 fully saturated rings. The molecule has 7 nitrogen and oxygen atoms in total. The van der Waals surface area contributed by atoms with E-state index in [0.717, 1.165) is 11.3 Å². The van der Waals surface area contributed by atoms with E-state index in [1.807, 2.05) is 89.5 Å². The van der Waals surface area contributed by atoms with Crippen molar-refractivity contribution in [2.75, 3.05) is 24.6 Å². The molecule has 0 bridgehead atoms. The van der Waals surface area contributed by atoms with Gasteiger partial charge >= 0.3 is 0 Å². The number of carbonyl (C=O) groups excluding carboxylic acids is 1. The summed E-state index contributed by atoms with van der Waals surface area (Å²) in [5, 5.41) is 0.556. The first-order chi connectivity index (χ1) is 16.6. The van der Waals surface area contributed by atoms with Crippen LogP contribution < -0.4 is 15.2 Å². The van der Waals surface area contributed by atoms with E-state index in [0.29, 0.717) is 42.2 Å². The minimum Gasteiger partial charge on any atom is -0.489 e. The van der Waals surface area contributed by atoms with E-state index in [9.17, 15) is 9.59 Å². The van der Waals surface area contributed by atoms with Crippen molar-refractivity contribution in [3.05, 3.63) is 101 Å². The Labute approximate surface area is 197 Å². The predicted molar refractivity (Wildman–Crippen MR) is 132 cm³/mol. The van der Waals surface area contributed by atoms with Gasteiger partial charge in [0.25, 0.3) is 5.56 Å². The molecule has 1 atom stereocenters. The molecule has 1 unspecified atom stereocenters. The number of rotatable bonds is 6. The van der Waals surface area contributed by atoms with Crippen LogP contribution in [0.1, 0.15) is 24.4 Å². The molecule has 3 aromatic carbocycles. The third-order valence-corrected chi connectivity index (χ3v) is 6.13. The standard InChI is InChI=1S/C27H26N4O3/c1-2-30(16-25-28-21-13-7-6-12-20(21)27(33)29-25)17-26(32)31-22-14-8-9-15-24(22)34-18-23(31)19-10-4-3-5-11-19/h3-15,23H,2,16-18H2,1H3,(H,28,29,33). The molecule has 1 amide bonds. The first-order valence-corrected chi connectivity index (χ1v) is 11.4. The molecule has 2 heterocycles. The maximum atomic E-state index is 13.7. The zero-order valence-corrected chi connectivity index (χ0v) is 19.0. The molecule has 172 valence electrons. The van der Waals surface area contributed by atoms with Crippen LogP contribution in [0.2, 0.25) is 0 Å². The number of nitrogens with zero attached hydrogens (tertiary/aromatic N) is 3. The van der Waals surface area contributed by atoms with Gasteiger partial charge in [0.2, 0.25) is 5.91 Å². The summed E-state index contributed by atoms with van der Waals surface area (Å²) in [6.07, 6.45) is 0. The summed E-state index contributed by atoms with van der Waals surface area (Å²) in [6, 6.07) is 24.6. The van der Waals surface area contributed by atoms with Crippen molar-refractivity contribution in [1.82, 2.24) is 14.9 Å². The second-order valence-electron chi connectivity index (χ2n) is 8.30. The van der Waals surface area contributed by atoms with E-state index in [2.05, 4.69) is 9.97 Å². The number of hydrogen-bond acceptors (Lipinski definition) is 5. The van der Waals surface area contributed by atoms with Crippen LogP contribution in [0.25, 0.3) is 10.9 Å². The van der Waals surface area contributed by atoms with E-state index in [1.54, 1.807) is 6.07 Å². The number of aromatic amines is 1. The lowest BCUT2D eigenvalue weighted by Gasteiger charge is -2.38. The average molecular weight is 455 g/mol. The maximum absolute atomic E-state index is 13.7. The molecule has 1 aliphatic heterocycles. The van der Waals surface area contributed by atoms with Crippen molar-refractivity contribution in [2.24, 2.45) is 0 Å². The van der Waals surface area contributed by atoms with E-state index in [4.69, 9.17) is 4.74 Å². The number of carbonyl (C=O) groups is 1. The monoisotopic (exact) mass is 454 g/mol. The number of amides is 1. The zero-order chi connectivity index (χ0) is 23.5. The van der Waals surface area contributed by atoms with Gasteiger partial charge in [0.15, 0.2) is 0 Å². The van der Waals surface area contributed by atoms with E-state index in [1.165, 1.54) is 0 Å². The number of benzene rings is 3. The fourth-order valence-electron chi connectivity index (χ4n) is 4.39. The van der Waals surface area contributed by atoms with Crippen LogP contribution in [0, 0.1) is 0 Å². The Morgan fingerprint density at radius 2 is 1.79 bits per heavy atom. The van der Waals surface area contributed by atoms with E-state index < -0.39 is 0 Å². The van der Waals surface area contributed by atoms with Gasteiger partial charge in [-0.3, -0.25) is 19.4 Å². The van der Waals surface area contributed by atoms with Crippen LogP contribution in [0.4, 0.5) is 5.69 Å². The van der Waals surface area contributed by atoms with Crippen molar-refractivity contribution >= 4 is 22.5 Å². The predicted octanol–water partition coefficient (Wildman–Crippen LogP) is 3.91. The average Bonchev–Trinajstić information content (AvgIpc) is 2.88. The minimum atomic E-state index is -0.221. The smallest absolute Gasteiger partial charge is 0.258 e. The topological polar surface area (TPSA) is 78.5 Å². The van der Waals surface area contributed by atoms with Crippen molar-refractivity contribution in [1.29, 1.82) is 0 Å². The molecule has 1 aromatic heterocycles. The number of likely N-dealkylation sites (N-methyl/N-ethyl adjacent to an activating group) is 1. The fraction of sp³-hybridized carbons (Fsp3) is 0.222. The molecule has 0 saturated carbocycles. The van der Waals surface area contributed by atoms with Crippen LogP contribution in [-0.2, 0) is 11.3 Å². The number of nitrogens with one attached hydrogen (secondary N) is 1. The number of hydrogen-bond donors (Lipinski definition) is 1. The second kappa shape index (κ2) is 9.49. The van der Waals surface area contributed by atoms with Gasteiger partial charge in [0.05, 0.1) is 35.7 Å². The Morgan fingerprint density at radius 1 is 1.06 bits per heavy atom. The number of anilines is 1. The summed E-state index contributed by atoms with van der Waals surface area (Å²) in [5.41, 5.74) is 2.26. The molecular weight excluding hydrogens is 428 g/mol. The zero-order valence-electron chi connectivity index (χ0n) is 19.0. The van der Waals surface area contributed by atoms with Crippen molar-refractivity contribution < 1.29 is 9.53 Å². The van der Waals surface area contributed by atoms with Crippen molar-refractivity contribution in [3.8, 4) is 5.75 Å². The summed E-state index contributed by atoms with van der Waals surface area (Å²) in [6.45, 7) is 3.56. The molecule has 0 aliphatic carbocycles. The normalized spacial score (nSPS) is 15.2. The molecule has 0 spiro atoms. The first kappa shape index (κ1) is 21.9. The lowest BCUT2D eigenvalue weighted by atomic mass is 10.0. The highest BCUT2D eigenvalue weighted by molar-refractivity contribution is 5.97. The van der Waals surface area contributed by atoms with Gasteiger partial charge in [-0.05, 0) is 36.4 Å². The summed E-state index contributed by atoms with van der Waals surface area (Å²) < 4.78 is 5.99.